The van der Waals surface area contributed by atoms with Gasteiger partial charge in [-0.3, -0.25) is 0 Å². The third kappa shape index (κ3) is 5.58. The molecule has 1 aromatic heterocycles. The summed E-state index contributed by atoms with van der Waals surface area (Å²) in [7, 11) is 1.71. The van der Waals surface area contributed by atoms with E-state index >= 15 is 0 Å². The molecule has 1 heterocycles. The Morgan fingerprint density at radius 2 is 2.04 bits per heavy atom. The zero-order valence-corrected chi connectivity index (χ0v) is 15.7. The highest BCUT2D eigenvalue weighted by molar-refractivity contribution is 7.98. The van der Waals surface area contributed by atoms with Crippen molar-refractivity contribution in [1.82, 2.24) is 5.32 Å². The smallest absolute Gasteiger partial charge is 0.132 e. The molecule has 4 nitrogen and oxygen atoms in total. The van der Waals surface area contributed by atoms with Crippen LogP contribution in [-0.2, 0) is 11.3 Å². The summed E-state index contributed by atoms with van der Waals surface area (Å²) in [6.45, 7) is 6.35. The highest BCUT2D eigenvalue weighted by Gasteiger charge is 2.15. The van der Waals surface area contributed by atoms with Gasteiger partial charge in [-0.05, 0) is 42.0 Å². The quantitative estimate of drug-likeness (QED) is 0.639. The van der Waals surface area contributed by atoms with Crippen LogP contribution < -0.4 is 10.1 Å². The van der Waals surface area contributed by atoms with E-state index in [0.29, 0.717) is 12.5 Å². The van der Waals surface area contributed by atoms with Crippen LogP contribution in [0.5, 0.6) is 5.75 Å². The van der Waals surface area contributed by atoms with Gasteiger partial charge in [-0.15, -0.1) is 11.8 Å². The number of hydrogen-bond acceptors (Lipinski definition) is 5. The van der Waals surface area contributed by atoms with Gasteiger partial charge >= 0.3 is 0 Å². The Balaban J connectivity index is 1.99. The Hall–Kier alpha value is -1.43. The predicted octanol–water partition coefficient (Wildman–Crippen LogP) is 4.51. The van der Waals surface area contributed by atoms with Gasteiger partial charge in [-0.25, -0.2) is 0 Å². The first-order valence-electron chi connectivity index (χ1n) is 8.19. The minimum atomic E-state index is 0.0324. The van der Waals surface area contributed by atoms with Gasteiger partial charge in [0.25, 0.3) is 0 Å². The topological polar surface area (TPSA) is 43.6 Å². The third-order valence-electron chi connectivity index (χ3n) is 3.62. The number of furan rings is 1. The molecule has 0 aliphatic carbocycles. The van der Waals surface area contributed by atoms with Crippen LogP contribution in [0.15, 0.2) is 45.9 Å². The van der Waals surface area contributed by atoms with E-state index < -0.39 is 0 Å². The van der Waals surface area contributed by atoms with Crippen molar-refractivity contribution in [3.8, 4) is 5.75 Å². The molecule has 0 saturated carbocycles. The minimum Gasteiger partial charge on any atom is -0.496 e. The SMILES string of the molecule is COc1cc(CNC(COCC(C)C)c2ccco2)ccc1SC. The van der Waals surface area contributed by atoms with E-state index in [0.717, 1.165) is 29.6 Å². The molecular formula is C19H27NO3S. The highest BCUT2D eigenvalue weighted by atomic mass is 32.2. The maximum atomic E-state index is 5.80. The van der Waals surface area contributed by atoms with Crippen LogP contribution in [0.2, 0.25) is 0 Å². The van der Waals surface area contributed by atoms with E-state index in [2.05, 4.69) is 43.6 Å². The normalized spacial score (nSPS) is 12.5. The largest absolute Gasteiger partial charge is 0.496 e. The Kier molecular flexibility index (Phi) is 7.69. The molecule has 0 saturated heterocycles. The molecule has 24 heavy (non-hydrogen) atoms. The van der Waals surface area contributed by atoms with Crippen molar-refractivity contribution in [3.05, 3.63) is 47.9 Å². The molecule has 0 aliphatic heterocycles. The minimum absolute atomic E-state index is 0.0324. The van der Waals surface area contributed by atoms with Crippen LogP contribution in [0.4, 0.5) is 0 Å². The summed E-state index contributed by atoms with van der Waals surface area (Å²) >= 11 is 1.68. The van der Waals surface area contributed by atoms with Gasteiger partial charge in [0, 0.05) is 18.0 Å². The molecule has 1 atom stereocenters. The summed E-state index contributed by atoms with van der Waals surface area (Å²) in [6.07, 6.45) is 3.75. The van der Waals surface area contributed by atoms with Gasteiger partial charge in [0.1, 0.15) is 11.5 Å². The lowest BCUT2D eigenvalue weighted by atomic mass is 10.1. The van der Waals surface area contributed by atoms with Crippen LogP contribution in [0.25, 0.3) is 0 Å². The lowest BCUT2D eigenvalue weighted by molar-refractivity contribution is 0.0844. The Labute approximate surface area is 148 Å². The highest BCUT2D eigenvalue weighted by Crippen LogP contribution is 2.28. The van der Waals surface area contributed by atoms with Crippen molar-refractivity contribution < 1.29 is 13.9 Å². The first kappa shape index (κ1) is 18.9. The fraction of sp³-hybridized carbons (Fsp3) is 0.474. The average Bonchev–Trinajstić information content (AvgIpc) is 3.11. The zero-order chi connectivity index (χ0) is 17.4. The van der Waals surface area contributed by atoms with E-state index in [1.165, 1.54) is 5.56 Å². The molecule has 1 unspecified atom stereocenters. The van der Waals surface area contributed by atoms with Gasteiger partial charge in [-0.2, -0.15) is 0 Å². The maximum absolute atomic E-state index is 5.80. The zero-order valence-electron chi connectivity index (χ0n) is 14.9. The number of hydrogen-bond donors (Lipinski definition) is 1. The van der Waals surface area contributed by atoms with Gasteiger partial charge in [0.05, 0.1) is 26.0 Å². The molecule has 0 bridgehead atoms. The third-order valence-corrected chi connectivity index (χ3v) is 4.40. The summed E-state index contributed by atoms with van der Waals surface area (Å²) in [4.78, 5) is 1.14. The van der Waals surface area contributed by atoms with E-state index in [1.807, 2.05) is 12.1 Å². The fourth-order valence-corrected chi connectivity index (χ4v) is 2.93. The standard InChI is InChI=1S/C19H27NO3S/c1-14(2)12-22-13-16(17-6-5-9-23-17)20-11-15-7-8-19(24-4)18(10-15)21-3/h5-10,14,16,20H,11-13H2,1-4H3. The summed E-state index contributed by atoms with van der Waals surface area (Å²) in [5.74, 6) is 2.32. The molecule has 0 fully saturated rings. The molecule has 2 rings (SSSR count). The van der Waals surface area contributed by atoms with Crippen molar-refractivity contribution >= 4 is 11.8 Å². The van der Waals surface area contributed by atoms with E-state index in [9.17, 15) is 0 Å². The average molecular weight is 349 g/mol. The first-order valence-corrected chi connectivity index (χ1v) is 9.42. The monoisotopic (exact) mass is 349 g/mol. The number of nitrogens with one attached hydrogen (secondary N) is 1. The number of benzene rings is 1. The second-order valence-corrected chi connectivity index (χ2v) is 6.92. The van der Waals surface area contributed by atoms with Crippen LogP contribution in [-0.4, -0.2) is 26.6 Å². The van der Waals surface area contributed by atoms with Crippen molar-refractivity contribution in [2.24, 2.45) is 5.92 Å². The number of thioether (sulfide) groups is 1. The molecule has 0 spiro atoms. The van der Waals surface area contributed by atoms with E-state index in [4.69, 9.17) is 13.9 Å². The van der Waals surface area contributed by atoms with Gasteiger partial charge in [-0.1, -0.05) is 19.9 Å². The van der Waals surface area contributed by atoms with Crippen LogP contribution in [0.3, 0.4) is 0 Å². The molecule has 2 aromatic rings. The number of rotatable bonds is 10. The summed E-state index contributed by atoms with van der Waals surface area (Å²) in [5.41, 5.74) is 1.17. The summed E-state index contributed by atoms with van der Waals surface area (Å²) < 4.78 is 16.8. The van der Waals surface area contributed by atoms with Crippen molar-refractivity contribution in [1.29, 1.82) is 0 Å². The van der Waals surface area contributed by atoms with Crippen LogP contribution in [0, 0.1) is 5.92 Å². The predicted molar refractivity (Wildman–Crippen MR) is 98.7 cm³/mol. The van der Waals surface area contributed by atoms with Crippen molar-refractivity contribution in [2.45, 2.75) is 31.3 Å². The molecule has 0 radical (unpaired) electrons. The maximum Gasteiger partial charge on any atom is 0.132 e. The van der Waals surface area contributed by atoms with Gasteiger partial charge in [0.15, 0.2) is 0 Å². The first-order chi connectivity index (χ1) is 11.6. The fourth-order valence-electron chi connectivity index (χ4n) is 2.38. The lowest BCUT2D eigenvalue weighted by Gasteiger charge is -2.18. The van der Waals surface area contributed by atoms with Crippen LogP contribution >= 0.6 is 11.8 Å². The molecule has 0 aliphatic rings. The molecule has 0 amide bonds. The molecule has 1 aromatic carbocycles. The van der Waals surface area contributed by atoms with E-state index in [1.54, 1.807) is 25.1 Å². The lowest BCUT2D eigenvalue weighted by Crippen LogP contribution is -2.25. The summed E-state index contributed by atoms with van der Waals surface area (Å²) in [5, 5.41) is 3.52. The molecule has 1 N–H and O–H groups in total. The Bertz CT molecular complexity index is 599. The molecular weight excluding hydrogens is 322 g/mol. The second kappa shape index (κ2) is 9.77. The molecule has 132 valence electrons. The Morgan fingerprint density at radius 1 is 1.21 bits per heavy atom. The number of ether oxygens (including phenoxy) is 2. The van der Waals surface area contributed by atoms with Crippen LogP contribution in [0.1, 0.15) is 31.2 Å². The van der Waals surface area contributed by atoms with Gasteiger partial charge in [0.2, 0.25) is 0 Å². The number of methoxy groups -OCH3 is 1. The summed E-state index contributed by atoms with van der Waals surface area (Å²) in [6, 6.07) is 10.2. The van der Waals surface area contributed by atoms with E-state index in [-0.39, 0.29) is 6.04 Å². The van der Waals surface area contributed by atoms with Crippen molar-refractivity contribution in [2.75, 3.05) is 26.6 Å². The second-order valence-electron chi connectivity index (χ2n) is 6.07. The molecule has 5 heteroatoms. The van der Waals surface area contributed by atoms with Crippen molar-refractivity contribution in [3.63, 3.8) is 0 Å². The Morgan fingerprint density at radius 3 is 2.67 bits per heavy atom. The van der Waals surface area contributed by atoms with Gasteiger partial charge < -0.3 is 19.2 Å².